The molecule has 0 radical (unpaired) electrons. The number of aryl methyl sites for hydroxylation is 1. The highest BCUT2D eigenvalue weighted by Gasteiger charge is 2.38. The Morgan fingerprint density at radius 3 is 2.53 bits per heavy atom. The molecule has 0 fully saturated rings. The van der Waals surface area contributed by atoms with E-state index in [1.807, 2.05) is 0 Å². The standard InChI is InChI=1S/C11H11F3N2O/c1-16-9(17)3-2-6-4-7(15)5-8(10(6)16)11(12,13)14/h4-5H,2-3,15H2,1H3. The van der Waals surface area contributed by atoms with Gasteiger partial charge in [0, 0.05) is 19.2 Å². The minimum absolute atomic E-state index is 0.0667. The van der Waals surface area contributed by atoms with Gasteiger partial charge in [0.2, 0.25) is 5.91 Å². The lowest BCUT2D eigenvalue weighted by Gasteiger charge is -2.29. The molecular weight excluding hydrogens is 233 g/mol. The van der Waals surface area contributed by atoms with Crippen LogP contribution in [0.4, 0.5) is 24.5 Å². The van der Waals surface area contributed by atoms with Crippen molar-refractivity contribution < 1.29 is 18.0 Å². The maximum absolute atomic E-state index is 12.9. The first-order valence-electron chi connectivity index (χ1n) is 5.07. The van der Waals surface area contributed by atoms with E-state index in [9.17, 15) is 18.0 Å². The number of hydrogen-bond acceptors (Lipinski definition) is 2. The van der Waals surface area contributed by atoms with Crippen molar-refractivity contribution in [3.8, 4) is 0 Å². The van der Waals surface area contributed by atoms with Gasteiger partial charge in [-0.15, -0.1) is 0 Å². The lowest BCUT2D eigenvalue weighted by Crippen LogP contribution is -2.33. The SMILES string of the molecule is CN1C(=O)CCc2cc(N)cc(C(F)(F)F)c21. The molecule has 0 unspecified atom stereocenters. The zero-order chi connectivity index (χ0) is 12.8. The number of benzene rings is 1. The maximum Gasteiger partial charge on any atom is 0.418 e. The van der Waals surface area contributed by atoms with Crippen LogP contribution in [0, 0.1) is 0 Å². The van der Waals surface area contributed by atoms with Gasteiger partial charge in [0.1, 0.15) is 0 Å². The number of alkyl halides is 3. The molecule has 0 saturated carbocycles. The Morgan fingerprint density at radius 2 is 1.94 bits per heavy atom. The van der Waals surface area contributed by atoms with Crippen molar-refractivity contribution in [3.05, 3.63) is 23.3 Å². The van der Waals surface area contributed by atoms with Crippen molar-refractivity contribution in [3.63, 3.8) is 0 Å². The highest BCUT2D eigenvalue weighted by molar-refractivity contribution is 5.97. The third-order valence-corrected chi connectivity index (χ3v) is 2.83. The first-order chi connectivity index (χ1) is 7.80. The van der Waals surface area contributed by atoms with Crippen LogP contribution in [0.25, 0.3) is 0 Å². The van der Waals surface area contributed by atoms with Crippen molar-refractivity contribution in [2.75, 3.05) is 17.7 Å². The Bertz CT molecular complexity index is 482. The number of fused-ring (bicyclic) bond motifs is 1. The molecule has 1 aromatic rings. The van der Waals surface area contributed by atoms with E-state index >= 15 is 0 Å². The molecule has 2 rings (SSSR count). The van der Waals surface area contributed by atoms with Gasteiger partial charge in [-0.25, -0.2) is 0 Å². The molecule has 1 heterocycles. The molecule has 2 N–H and O–H groups in total. The molecule has 92 valence electrons. The van der Waals surface area contributed by atoms with Crippen molar-refractivity contribution in [2.45, 2.75) is 19.0 Å². The summed E-state index contributed by atoms with van der Waals surface area (Å²) in [6.45, 7) is 0. The number of carbonyl (C=O) groups is 1. The molecule has 0 atom stereocenters. The summed E-state index contributed by atoms with van der Waals surface area (Å²) < 4.78 is 38.6. The molecule has 17 heavy (non-hydrogen) atoms. The average Bonchev–Trinajstić information content (AvgIpc) is 2.21. The number of halogens is 3. The molecule has 0 saturated heterocycles. The van der Waals surface area contributed by atoms with Crippen LogP contribution >= 0.6 is 0 Å². The molecule has 0 bridgehead atoms. The second-order valence-corrected chi connectivity index (χ2v) is 4.03. The Morgan fingerprint density at radius 1 is 1.29 bits per heavy atom. The highest BCUT2D eigenvalue weighted by atomic mass is 19.4. The van der Waals surface area contributed by atoms with Crippen LogP contribution in [0.15, 0.2) is 12.1 Å². The number of rotatable bonds is 0. The summed E-state index contributed by atoms with van der Waals surface area (Å²) in [5.41, 5.74) is 5.08. The van der Waals surface area contributed by atoms with E-state index in [4.69, 9.17) is 5.73 Å². The van der Waals surface area contributed by atoms with Crippen LogP contribution in [0.1, 0.15) is 17.5 Å². The molecule has 1 aliphatic rings. The first kappa shape index (κ1) is 11.8. The lowest BCUT2D eigenvalue weighted by molar-refractivity contribution is -0.137. The van der Waals surface area contributed by atoms with Crippen molar-refractivity contribution in [1.82, 2.24) is 0 Å². The minimum atomic E-state index is -4.51. The summed E-state index contributed by atoms with van der Waals surface area (Å²) in [6.07, 6.45) is -4.00. The van der Waals surface area contributed by atoms with E-state index in [2.05, 4.69) is 0 Å². The third kappa shape index (κ3) is 1.94. The second-order valence-electron chi connectivity index (χ2n) is 4.03. The van der Waals surface area contributed by atoms with Crippen molar-refractivity contribution in [2.24, 2.45) is 0 Å². The Kier molecular flexibility index (Phi) is 2.52. The predicted molar refractivity (Wildman–Crippen MR) is 57.6 cm³/mol. The molecule has 0 aromatic heterocycles. The summed E-state index contributed by atoms with van der Waals surface area (Å²) in [4.78, 5) is 12.5. The third-order valence-electron chi connectivity index (χ3n) is 2.83. The van der Waals surface area contributed by atoms with Gasteiger partial charge in [0.05, 0.1) is 11.3 Å². The van der Waals surface area contributed by atoms with E-state index in [-0.39, 0.29) is 23.7 Å². The normalized spacial score (nSPS) is 16.0. The summed E-state index contributed by atoms with van der Waals surface area (Å²) in [5, 5.41) is 0. The Hall–Kier alpha value is -1.72. The van der Waals surface area contributed by atoms with Gasteiger partial charge in [-0.2, -0.15) is 13.2 Å². The van der Waals surface area contributed by atoms with Gasteiger partial charge in [-0.05, 0) is 24.1 Å². The van der Waals surface area contributed by atoms with Crippen LogP contribution in [0.5, 0.6) is 0 Å². The monoisotopic (exact) mass is 244 g/mol. The number of amides is 1. The summed E-state index contributed by atoms with van der Waals surface area (Å²) in [5.74, 6) is -0.312. The average molecular weight is 244 g/mol. The molecule has 1 aliphatic heterocycles. The number of nitrogens with two attached hydrogens (primary N) is 1. The predicted octanol–water partition coefficient (Wildman–Crippen LogP) is 2.20. The summed E-state index contributed by atoms with van der Waals surface area (Å²) >= 11 is 0. The van der Waals surface area contributed by atoms with Gasteiger partial charge in [-0.3, -0.25) is 4.79 Å². The smallest absolute Gasteiger partial charge is 0.399 e. The molecule has 1 amide bonds. The van der Waals surface area contributed by atoms with E-state index in [1.165, 1.54) is 13.1 Å². The van der Waals surface area contributed by atoms with Crippen LogP contribution in [0.3, 0.4) is 0 Å². The summed E-state index contributed by atoms with van der Waals surface area (Å²) in [6, 6.07) is 2.36. The zero-order valence-corrected chi connectivity index (χ0v) is 9.14. The number of anilines is 2. The lowest BCUT2D eigenvalue weighted by atomic mass is 9.96. The Labute approximate surface area is 96.0 Å². The molecule has 0 spiro atoms. The van der Waals surface area contributed by atoms with Gasteiger partial charge in [0.25, 0.3) is 0 Å². The zero-order valence-electron chi connectivity index (χ0n) is 9.14. The van der Waals surface area contributed by atoms with Crippen molar-refractivity contribution in [1.29, 1.82) is 0 Å². The van der Waals surface area contributed by atoms with E-state index < -0.39 is 11.7 Å². The fourth-order valence-corrected chi connectivity index (χ4v) is 2.06. The van der Waals surface area contributed by atoms with Gasteiger partial charge < -0.3 is 10.6 Å². The van der Waals surface area contributed by atoms with Gasteiger partial charge in [0.15, 0.2) is 0 Å². The molecule has 6 heteroatoms. The number of carbonyl (C=O) groups excluding carboxylic acids is 1. The van der Waals surface area contributed by atoms with Crippen LogP contribution in [-0.4, -0.2) is 13.0 Å². The van der Waals surface area contributed by atoms with Crippen molar-refractivity contribution >= 4 is 17.3 Å². The quantitative estimate of drug-likeness (QED) is 0.711. The number of nitrogens with zero attached hydrogens (tertiary/aromatic N) is 1. The molecule has 1 aromatic carbocycles. The van der Waals surface area contributed by atoms with Crippen LogP contribution in [-0.2, 0) is 17.4 Å². The van der Waals surface area contributed by atoms with E-state index in [0.717, 1.165) is 11.0 Å². The molecular formula is C11H11F3N2O. The fourth-order valence-electron chi connectivity index (χ4n) is 2.06. The maximum atomic E-state index is 12.9. The van der Waals surface area contributed by atoms with Gasteiger partial charge in [-0.1, -0.05) is 0 Å². The van der Waals surface area contributed by atoms with E-state index in [0.29, 0.717) is 12.0 Å². The minimum Gasteiger partial charge on any atom is -0.399 e. The van der Waals surface area contributed by atoms with E-state index in [1.54, 1.807) is 0 Å². The number of hydrogen-bond donors (Lipinski definition) is 1. The fraction of sp³-hybridized carbons (Fsp3) is 0.364. The second kappa shape index (κ2) is 3.65. The van der Waals surface area contributed by atoms with Crippen LogP contribution in [0.2, 0.25) is 0 Å². The molecule has 0 aliphatic carbocycles. The van der Waals surface area contributed by atoms with Gasteiger partial charge >= 0.3 is 6.18 Å². The first-order valence-corrected chi connectivity index (χ1v) is 5.07. The topological polar surface area (TPSA) is 46.3 Å². The van der Waals surface area contributed by atoms with Crippen LogP contribution < -0.4 is 10.6 Å². The largest absolute Gasteiger partial charge is 0.418 e. The Balaban J connectivity index is 2.68. The summed E-state index contributed by atoms with van der Waals surface area (Å²) in [7, 11) is 1.35. The molecule has 3 nitrogen and oxygen atoms in total. The number of nitrogen functional groups attached to an aromatic ring is 1. The highest BCUT2D eigenvalue weighted by Crippen LogP contribution is 2.41.